The Labute approximate surface area is 114 Å². The molecule has 2 aromatic heterocycles. The van der Waals surface area contributed by atoms with Crippen LogP contribution in [0.1, 0.15) is 25.4 Å². The number of methoxy groups -OCH3 is 1. The summed E-state index contributed by atoms with van der Waals surface area (Å²) in [6, 6.07) is 0. The van der Waals surface area contributed by atoms with E-state index in [1.165, 1.54) is 24.8 Å². The van der Waals surface area contributed by atoms with Gasteiger partial charge in [0.1, 0.15) is 17.6 Å². The molecule has 0 aliphatic rings. The minimum Gasteiger partial charge on any atom is -0.468 e. The minimum absolute atomic E-state index is 0.306. The van der Waals surface area contributed by atoms with Crippen molar-refractivity contribution in [1.29, 1.82) is 0 Å². The fourth-order valence-electron chi connectivity index (χ4n) is 1.48. The van der Waals surface area contributed by atoms with Crippen LogP contribution in [0.3, 0.4) is 0 Å². The van der Waals surface area contributed by atoms with E-state index < -0.39 is 5.41 Å². The Hall–Kier alpha value is -1.96. The largest absolute Gasteiger partial charge is 0.468 e. The van der Waals surface area contributed by atoms with E-state index in [9.17, 15) is 4.79 Å². The first-order valence-corrected chi connectivity index (χ1v) is 6.54. The average molecular weight is 281 g/mol. The molecule has 2 aromatic rings. The van der Waals surface area contributed by atoms with Gasteiger partial charge in [-0.25, -0.2) is 9.97 Å². The van der Waals surface area contributed by atoms with Crippen LogP contribution in [-0.4, -0.2) is 33.2 Å². The van der Waals surface area contributed by atoms with Gasteiger partial charge in [0.05, 0.1) is 19.3 Å². The highest BCUT2D eigenvalue weighted by atomic mass is 32.1. The topological polar surface area (TPSA) is 92.8 Å². The highest BCUT2D eigenvalue weighted by Gasteiger charge is 2.33. The van der Waals surface area contributed by atoms with Crippen molar-refractivity contribution in [3.8, 4) is 0 Å². The number of ether oxygens (including phenoxy) is 1. The van der Waals surface area contributed by atoms with E-state index in [-0.39, 0.29) is 5.97 Å². The van der Waals surface area contributed by atoms with E-state index in [1.54, 1.807) is 13.8 Å². The zero-order chi connectivity index (χ0) is 13.9. The molecule has 0 atom stereocenters. The molecule has 2 rings (SSSR count). The summed E-state index contributed by atoms with van der Waals surface area (Å²) in [6.45, 7) is 4.08. The molecule has 102 valence electrons. The zero-order valence-corrected chi connectivity index (χ0v) is 11.7. The maximum atomic E-state index is 11.7. The second-order valence-corrected chi connectivity index (χ2v) is 5.30. The molecule has 7 nitrogen and oxygen atoms in total. The van der Waals surface area contributed by atoms with Crippen molar-refractivity contribution >= 4 is 22.4 Å². The monoisotopic (exact) mass is 281 g/mol. The molecule has 2 heterocycles. The molecule has 19 heavy (non-hydrogen) atoms. The number of rotatable bonds is 5. The van der Waals surface area contributed by atoms with Crippen molar-refractivity contribution in [2.75, 3.05) is 12.4 Å². The summed E-state index contributed by atoms with van der Waals surface area (Å²) in [7, 11) is 1.37. The van der Waals surface area contributed by atoms with E-state index >= 15 is 0 Å². The number of carbonyl (C=O) groups is 1. The normalized spacial score (nSPS) is 11.3. The van der Waals surface area contributed by atoms with Crippen molar-refractivity contribution in [3.63, 3.8) is 0 Å². The minimum atomic E-state index is -0.753. The summed E-state index contributed by atoms with van der Waals surface area (Å²) in [5, 5.41) is 12.2. The lowest BCUT2D eigenvalue weighted by molar-refractivity contribution is -0.146. The molecule has 0 fully saturated rings. The molecule has 0 bridgehead atoms. The molecule has 0 saturated heterocycles. The quantitative estimate of drug-likeness (QED) is 0.803. The molecule has 0 radical (unpaired) electrons. The molecular weight excluding hydrogens is 266 g/mol. The van der Waals surface area contributed by atoms with Crippen molar-refractivity contribution in [3.05, 3.63) is 23.2 Å². The zero-order valence-electron chi connectivity index (χ0n) is 10.9. The van der Waals surface area contributed by atoms with Crippen LogP contribution in [0.15, 0.2) is 11.7 Å². The van der Waals surface area contributed by atoms with Crippen LogP contribution in [0.4, 0.5) is 5.13 Å². The van der Waals surface area contributed by atoms with Crippen molar-refractivity contribution in [1.82, 2.24) is 20.2 Å². The van der Waals surface area contributed by atoms with Gasteiger partial charge >= 0.3 is 5.97 Å². The maximum absolute atomic E-state index is 11.7. The van der Waals surface area contributed by atoms with Crippen LogP contribution < -0.4 is 5.32 Å². The SMILES string of the molecule is COC(=O)C(C)(C)c1csc(NCc2ncn[nH]2)n1. The van der Waals surface area contributed by atoms with Gasteiger partial charge in [-0.1, -0.05) is 0 Å². The summed E-state index contributed by atoms with van der Waals surface area (Å²) < 4.78 is 4.78. The number of nitrogens with one attached hydrogen (secondary N) is 2. The Morgan fingerprint density at radius 3 is 3.00 bits per heavy atom. The lowest BCUT2D eigenvalue weighted by Gasteiger charge is -2.18. The molecule has 0 aromatic carbocycles. The lowest BCUT2D eigenvalue weighted by atomic mass is 9.90. The van der Waals surface area contributed by atoms with E-state index in [0.717, 1.165) is 11.0 Å². The highest BCUT2D eigenvalue weighted by molar-refractivity contribution is 7.13. The number of aromatic amines is 1. The number of aromatic nitrogens is 4. The van der Waals surface area contributed by atoms with E-state index in [2.05, 4.69) is 25.5 Å². The Bertz CT molecular complexity index is 549. The van der Waals surface area contributed by atoms with E-state index in [1.807, 2.05) is 5.38 Å². The van der Waals surface area contributed by atoms with E-state index in [4.69, 9.17) is 4.74 Å². The van der Waals surface area contributed by atoms with Crippen molar-refractivity contribution in [2.45, 2.75) is 25.8 Å². The molecule has 0 spiro atoms. The fraction of sp³-hybridized carbons (Fsp3) is 0.455. The van der Waals surface area contributed by atoms with Gasteiger partial charge in [-0.05, 0) is 13.8 Å². The Kier molecular flexibility index (Phi) is 3.79. The first-order chi connectivity index (χ1) is 9.04. The summed E-state index contributed by atoms with van der Waals surface area (Å²) in [4.78, 5) is 20.1. The standard InChI is InChI=1S/C11H15N5O2S/c1-11(2,9(17)18-3)7-5-19-10(15-7)12-4-8-13-6-14-16-8/h5-6H,4H2,1-3H3,(H,12,15)(H,13,14,16). The fourth-order valence-corrected chi connectivity index (χ4v) is 2.35. The van der Waals surface area contributed by atoms with Gasteiger partial charge < -0.3 is 10.1 Å². The number of hydrogen-bond acceptors (Lipinski definition) is 7. The van der Waals surface area contributed by atoms with Gasteiger partial charge in [0.15, 0.2) is 5.13 Å². The number of H-pyrrole nitrogens is 1. The molecule has 0 amide bonds. The third-order valence-corrected chi connectivity index (χ3v) is 3.51. The lowest BCUT2D eigenvalue weighted by Crippen LogP contribution is -2.30. The van der Waals surface area contributed by atoms with Crippen LogP contribution in [0.5, 0.6) is 0 Å². The third kappa shape index (κ3) is 2.90. The molecule has 8 heteroatoms. The first-order valence-electron chi connectivity index (χ1n) is 5.66. The number of hydrogen-bond donors (Lipinski definition) is 2. The van der Waals surface area contributed by atoms with Gasteiger partial charge in [-0.15, -0.1) is 11.3 Å². The predicted molar refractivity (Wildman–Crippen MR) is 70.9 cm³/mol. The molecule has 0 aliphatic carbocycles. The average Bonchev–Trinajstić information content (AvgIpc) is 3.06. The van der Waals surface area contributed by atoms with Crippen LogP contribution in [0.2, 0.25) is 0 Å². The van der Waals surface area contributed by atoms with Gasteiger partial charge in [-0.2, -0.15) is 5.10 Å². The number of thiazole rings is 1. The predicted octanol–water partition coefficient (Wildman–Crippen LogP) is 1.32. The maximum Gasteiger partial charge on any atom is 0.317 e. The Balaban J connectivity index is 2.04. The highest BCUT2D eigenvalue weighted by Crippen LogP contribution is 2.28. The van der Waals surface area contributed by atoms with Gasteiger partial charge in [0.2, 0.25) is 0 Å². The van der Waals surface area contributed by atoms with Crippen LogP contribution >= 0.6 is 11.3 Å². The molecule has 2 N–H and O–H groups in total. The molecule has 0 unspecified atom stereocenters. The summed E-state index contributed by atoms with van der Waals surface area (Å²) in [5.41, 5.74) is -0.0679. The smallest absolute Gasteiger partial charge is 0.317 e. The molecule has 0 aliphatic heterocycles. The van der Waals surface area contributed by atoms with Gasteiger partial charge in [0, 0.05) is 5.38 Å². The van der Waals surface area contributed by atoms with Gasteiger partial charge in [-0.3, -0.25) is 9.89 Å². The summed E-state index contributed by atoms with van der Waals surface area (Å²) in [5.74, 6) is 0.420. The Morgan fingerprint density at radius 2 is 2.37 bits per heavy atom. The van der Waals surface area contributed by atoms with Crippen LogP contribution in [-0.2, 0) is 21.5 Å². The second-order valence-electron chi connectivity index (χ2n) is 4.44. The number of anilines is 1. The van der Waals surface area contributed by atoms with Crippen LogP contribution in [0, 0.1) is 0 Å². The number of nitrogens with zero attached hydrogens (tertiary/aromatic N) is 3. The third-order valence-electron chi connectivity index (χ3n) is 2.71. The van der Waals surface area contributed by atoms with Crippen LogP contribution in [0.25, 0.3) is 0 Å². The van der Waals surface area contributed by atoms with Crippen molar-refractivity contribution < 1.29 is 9.53 Å². The summed E-state index contributed by atoms with van der Waals surface area (Å²) >= 11 is 1.43. The van der Waals surface area contributed by atoms with Crippen molar-refractivity contribution in [2.24, 2.45) is 0 Å². The van der Waals surface area contributed by atoms with Gasteiger partial charge in [0.25, 0.3) is 0 Å². The summed E-state index contributed by atoms with van der Waals surface area (Å²) in [6.07, 6.45) is 1.45. The molecular formula is C11H15N5O2S. The number of carbonyl (C=O) groups excluding carboxylic acids is 1. The Morgan fingerprint density at radius 1 is 1.58 bits per heavy atom. The molecule has 0 saturated carbocycles. The van der Waals surface area contributed by atoms with E-state index in [0.29, 0.717) is 12.2 Å². The number of esters is 1. The first kappa shape index (κ1) is 13.5. The second kappa shape index (κ2) is 5.35.